The van der Waals surface area contributed by atoms with Gasteiger partial charge in [-0.1, -0.05) is 154 Å². The molecular formula is C32H66OSi7. The third-order valence-corrected chi connectivity index (χ3v) is 39.4. The van der Waals surface area contributed by atoms with Gasteiger partial charge in [0.25, 0.3) is 0 Å². The molecule has 1 heterocycles. The molecule has 0 spiro atoms. The van der Waals surface area contributed by atoms with Crippen molar-refractivity contribution in [2.75, 3.05) is 0 Å². The largest absolute Gasteiger partial charge is 0.424 e. The second-order valence-corrected chi connectivity index (χ2v) is 55.7. The summed E-state index contributed by atoms with van der Waals surface area (Å²) in [6, 6.07) is 4.76. The fourth-order valence-corrected chi connectivity index (χ4v) is 50.6. The summed E-state index contributed by atoms with van der Waals surface area (Å²) in [5.74, 6) is 0. The lowest BCUT2D eigenvalue weighted by molar-refractivity contribution is 0.567. The average molecular weight is 664 g/mol. The van der Waals surface area contributed by atoms with Gasteiger partial charge >= 0.3 is 0 Å². The molecule has 0 amide bonds. The number of benzene rings is 1. The molecule has 1 aliphatic rings. The van der Waals surface area contributed by atoms with Gasteiger partial charge in [0.05, 0.1) is 0 Å². The van der Waals surface area contributed by atoms with Crippen molar-refractivity contribution in [2.24, 2.45) is 0 Å². The zero-order chi connectivity index (χ0) is 32.4. The third kappa shape index (κ3) is 8.21. The standard InChI is InChI=1S/C32H66OSi7/c1-34(2,3)30(35(4,5)6)26-24-27(31(36(7,8)9)37(10,11)12)29(40(33)22-20-19-21-23-40)28(25-26)32(38(13,14)15)39(16,17)18/h19-22,24-25,30-33H,23H2,1-18H3/t40-/m0/s1/i23D/t23-,40+/m1. The van der Waals surface area contributed by atoms with Crippen molar-refractivity contribution in [1.82, 2.24) is 0 Å². The summed E-state index contributed by atoms with van der Waals surface area (Å²) >= 11 is 0. The Bertz CT molecular complexity index is 1060. The van der Waals surface area contributed by atoms with E-state index in [1.165, 1.54) is 16.3 Å². The number of hydrogen-bond donors (Lipinski definition) is 1. The van der Waals surface area contributed by atoms with Crippen LogP contribution in [0.3, 0.4) is 0 Å². The van der Waals surface area contributed by atoms with E-state index in [0.717, 1.165) is 0 Å². The molecular weight excluding hydrogens is 597 g/mol. The fraction of sp³-hybridized carbons (Fsp3) is 0.688. The van der Waals surface area contributed by atoms with Crippen LogP contribution in [0, 0.1) is 0 Å². The van der Waals surface area contributed by atoms with Gasteiger partial charge in [0.1, 0.15) is 0 Å². The van der Waals surface area contributed by atoms with E-state index in [9.17, 15) is 6.17 Å². The predicted octanol–water partition coefficient (Wildman–Crippen LogP) is 10.0. The Labute approximate surface area is 259 Å². The summed E-state index contributed by atoms with van der Waals surface area (Å²) < 4.78 is 9.33. The maximum Gasteiger partial charge on any atom is 0.249 e. The normalized spacial score (nSPS) is 22.1. The van der Waals surface area contributed by atoms with E-state index in [1.54, 1.807) is 5.56 Å². The molecule has 228 valence electrons. The second-order valence-electron chi connectivity index (χ2n) is 19.3. The van der Waals surface area contributed by atoms with E-state index in [0.29, 0.717) is 15.5 Å². The molecule has 0 saturated heterocycles. The topological polar surface area (TPSA) is 20.2 Å². The number of rotatable bonds is 10. The predicted molar refractivity (Wildman–Crippen MR) is 205 cm³/mol. The van der Waals surface area contributed by atoms with Crippen molar-refractivity contribution in [3.8, 4) is 0 Å². The lowest BCUT2D eigenvalue weighted by Gasteiger charge is -2.47. The van der Waals surface area contributed by atoms with Gasteiger partial charge in [0, 0.05) is 49.8 Å². The zero-order valence-corrected chi connectivity index (χ0v) is 36.7. The summed E-state index contributed by atoms with van der Waals surface area (Å²) in [5, 5.41) is 2.98. The molecule has 2 rings (SSSR count). The van der Waals surface area contributed by atoms with E-state index in [-0.39, 0.29) is 0 Å². The van der Waals surface area contributed by atoms with Crippen molar-refractivity contribution in [3.05, 3.63) is 52.8 Å². The van der Waals surface area contributed by atoms with Crippen molar-refractivity contribution >= 4 is 61.9 Å². The van der Waals surface area contributed by atoms with Gasteiger partial charge in [-0.3, -0.25) is 0 Å². The SMILES string of the molecule is [2H][C@@H]1C=CC=C[Si@@]1(O)c1c(C([Si](C)(C)C)[Si](C)(C)C)cc(C([Si](C)(C)C)[Si](C)(C)C)cc1C([Si](C)(C)C)[Si](C)(C)C. The van der Waals surface area contributed by atoms with Crippen LogP contribution in [-0.2, 0) is 0 Å². The molecule has 1 aromatic carbocycles. The minimum atomic E-state index is -3.28. The molecule has 0 aliphatic carbocycles. The molecule has 0 aromatic heterocycles. The minimum Gasteiger partial charge on any atom is -0.424 e. The molecule has 1 nitrogen and oxygen atoms in total. The lowest BCUT2D eigenvalue weighted by Crippen LogP contribution is -2.59. The Kier molecular flexibility index (Phi) is 10.0. The van der Waals surface area contributed by atoms with Gasteiger partial charge in [0.2, 0.25) is 8.32 Å². The monoisotopic (exact) mass is 663 g/mol. The first-order valence-electron chi connectivity index (χ1n) is 16.2. The van der Waals surface area contributed by atoms with Gasteiger partial charge < -0.3 is 4.80 Å². The van der Waals surface area contributed by atoms with Crippen LogP contribution in [0.25, 0.3) is 0 Å². The van der Waals surface area contributed by atoms with E-state index in [2.05, 4.69) is 142 Å². The Morgan fingerprint density at radius 1 is 0.575 bits per heavy atom. The van der Waals surface area contributed by atoms with Gasteiger partial charge in [0.15, 0.2) is 0 Å². The van der Waals surface area contributed by atoms with E-state index >= 15 is 0 Å². The van der Waals surface area contributed by atoms with Gasteiger partial charge in [-0.05, 0) is 43.4 Å². The van der Waals surface area contributed by atoms with Gasteiger partial charge in [-0.15, -0.1) is 0 Å². The highest BCUT2D eigenvalue weighted by Gasteiger charge is 2.49. The third-order valence-electron chi connectivity index (χ3n) is 8.70. The molecule has 1 aromatic rings. The number of allylic oxidation sites excluding steroid dienone is 3. The van der Waals surface area contributed by atoms with Crippen LogP contribution in [0.4, 0.5) is 0 Å². The Morgan fingerprint density at radius 3 is 1.18 bits per heavy atom. The second kappa shape index (κ2) is 11.6. The molecule has 1 N–H and O–H groups in total. The summed E-state index contributed by atoms with van der Waals surface area (Å²) in [7, 11) is -13.2. The maximum absolute atomic E-state index is 13.0. The molecule has 2 atom stereocenters. The first kappa shape index (κ1) is 34.7. The lowest BCUT2D eigenvalue weighted by atomic mass is 10.1. The summed E-state index contributed by atoms with van der Waals surface area (Å²) in [6.45, 7) is 46.3. The maximum atomic E-state index is 13.0. The fourth-order valence-electron chi connectivity index (χ4n) is 9.25. The van der Waals surface area contributed by atoms with Gasteiger partial charge in [-0.25, -0.2) is 0 Å². The van der Waals surface area contributed by atoms with Crippen LogP contribution in [0.15, 0.2) is 36.1 Å². The molecule has 8 heteroatoms. The van der Waals surface area contributed by atoms with Crippen molar-refractivity contribution in [2.45, 2.75) is 139 Å². The first-order chi connectivity index (χ1) is 17.9. The van der Waals surface area contributed by atoms with E-state index < -0.39 is 62.8 Å². The van der Waals surface area contributed by atoms with Crippen molar-refractivity contribution in [3.63, 3.8) is 0 Å². The zero-order valence-electron chi connectivity index (χ0n) is 30.7. The Hall–Kier alpha value is 0.178. The molecule has 1 aliphatic heterocycles. The van der Waals surface area contributed by atoms with Crippen LogP contribution in [0.5, 0.6) is 0 Å². The molecule has 40 heavy (non-hydrogen) atoms. The molecule has 0 saturated carbocycles. The quantitative estimate of drug-likeness (QED) is 0.247. The molecule has 0 unspecified atom stereocenters. The van der Waals surface area contributed by atoms with Crippen LogP contribution in [-0.4, -0.2) is 61.6 Å². The van der Waals surface area contributed by atoms with E-state index in [4.69, 9.17) is 0 Å². The minimum absolute atomic E-state index is 0.527. The van der Waals surface area contributed by atoms with Crippen LogP contribution in [0.2, 0.25) is 124 Å². The summed E-state index contributed by atoms with van der Waals surface area (Å²) in [4.78, 5) is 13.0. The number of hydrogen-bond acceptors (Lipinski definition) is 1. The Morgan fingerprint density at radius 2 is 0.900 bits per heavy atom. The Balaban J connectivity index is 3.41. The van der Waals surface area contributed by atoms with Crippen LogP contribution >= 0.6 is 0 Å². The highest BCUT2D eigenvalue weighted by atomic mass is 28.4. The summed E-state index contributed by atoms with van der Waals surface area (Å²) in [5.41, 5.74) is 6.68. The summed E-state index contributed by atoms with van der Waals surface area (Å²) in [6.07, 6.45) is 6.01. The van der Waals surface area contributed by atoms with Gasteiger partial charge in [-0.2, -0.15) is 0 Å². The van der Waals surface area contributed by atoms with Crippen LogP contribution in [0.1, 0.15) is 33.6 Å². The highest BCUT2D eigenvalue weighted by Crippen LogP contribution is 2.45. The molecule has 0 bridgehead atoms. The van der Waals surface area contributed by atoms with Crippen molar-refractivity contribution < 1.29 is 6.17 Å². The van der Waals surface area contributed by atoms with Crippen molar-refractivity contribution in [1.29, 1.82) is 0 Å². The first-order valence-corrected chi connectivity index (χ1v) is 39.2. The van der Waals surface area contributed by atoms with E-state index in [1.807, 2.05) is 12.2 Å². The highest BCUT2D eigenvalue weighted by molar-refractivity contribution is 6.99. The average Bonchev–Trinajstić information content (AvgIpc) is 2.63. The smallest absolute Gasteiger partial charge is 0.249 e. The van der Waals surface area contributed by atoms with Crippen LogP contribution < -0.4 is 5.19 Å². The molecule has 0 radical (unpaired) electrons. The molecule has 0 fully saturated rings.